The second-order valence-corrected chi connectivity index (χ2v) is 6.73. The summed E-state index contributed by atoms with van der Waals surface area (Å²) in [6.07, 6.45) is 1.96. The summed E-state index contributed by atoms with van der Waals surface area (Å²) in [5, 5.41) is 1.22. The van der Waals surface area contributed by atoms with E-state index >= 15 is 0 Å². The minimum atomic E-state index is 0.00153. The Morgan fingerprint density at radius 1 is 1.15 bits per heavy atom. The van der Waals surface area contributed by atoms with E-state index in [1.807, 2.05) is 29.3 Å². The number of nitrogens with zero attached hydrogens (tertiary/aromatic N) is 2. The highest BCUT2D eigenvalue weighted by molar-refractivity contribution is 5.97. The van der Waals surface area contributed by atoms with E-state index in [4.69, 9.17) is 10.5 Å². The molecule has 1 amide bonds. The van der Waals surface area contributed by atoms with E-state index in [1.54, 1.807) is 7.11 Å². The van der Waals surface area contributed by atoms with Crippen LogP contribution in [0.4, 0.5) is 5.69 Å². The quantitative estimate of drug-likeness (QED) is 0.746. The van der Waals surface area contributed by atoms with Gasteiger partial charge in [-0.15, -0.1) is 0 Å². The van der Waals surface area contributed by atoms with Gasteiger partial charge in [0.15, 0.2) is 0 Å². The van der Waals surface area contributed by atoms with Gasteiger partial charge in [-0.1, -0.05) is 12.1 Å². The molecular weight excluding hydrogens is 340 g/mol. The summed E-state index contributed by atoms with van der Waals surface area (Å²) < 4.78 is 5.38. The number of hydrogen-bond donors (Lipinski definition) is 2. The number of nitrogens with two attached hydrogens (primary N) is 1. The van der Waals surface area contributed by atoms with Crippen LogP contribution in [0.15, 0.2) is 48.7 Å². The van der Waals surface area contributed by atoms with Crippen LogP contribution in [-0.4, -0.2) is 49.1 Å². The van der Waals surface area contributed by atoms with E-state index in [-0.39, 0.29) is 5.91 Å². The summed E-state index contributed by atoms with van der Waals surface area (Å²) in [4.78, 5) is 20.5. The molecular formula is C21H24N4O2. The first-order valence-corrected chi connectivity index (χ1v) is 9.18. The third-order valence-electron chi connectivity index (χ3n) is 5.21. The highest BCUT2D eigenvalue weighted by atomic mass is 16.5. The summed E-state index contributed by atoms with van der Waals surface area (Å²) >= 11 is 0. The van der Waals surface area contributed by atoms with Crippen LogP contribution >= 0.6 is 0 Å². The number of fused-ring (bicyclic) bond motifs is 1. The minimum Gasteiger partial charge on any atom is -0.496 e. The number of methoxy groups -OCH3 is 1. The number of carbonyl (C=O) groups is 1. The second-order valence-electron chi connectivity index (χ2n) is 6.73. The predicted octanol–water partition coefficient (Wildman–Crippen LogP) is 2.60. The van der Waals surface area contributed by atoms with Crippen molar-refractivity contribution in [3.63, 3.8) is 0 Å². The SMILES string of the molecule is COc1ccc(CN)cc1C(=O)N1CCN(c2cccc3[nH]ccc23)CC1. The van der Waals surface area contributed by atoms with Gasteiger partial charge in [0.2, 0.25) is 0 Å². The zero-order chi connectivity index (χ0) is 18.8. The number of benzene rings is 2. The average molecular weight is 364 g/mol. The van der Waals surface area contributed by atoms with Crippen LogP contribution in [-0.2, 0) is 6.54 Å². The Morgan fingerprint density at radius 2 is 1.96 bits per heavy atom. The van der Waals surface area contributed by atoms with E-state index in [2.05, 4.69) is 34.1 Å². The van der Waals surface area contributed by atoms with E-state index < -0.39 is 0 Å². The van der Waals surface area contributed by atoms with Crippen LogP contribution in [0.5, 0.6) is 5.75 Å². The Morgan fingerprint density at radius 3 is 2.70 bits per heavy atom. The van der Waals surface area contributed by atoms with Crippen LogP contribution in [0.2, 0.25) is 0 Å². The molecule has 1 aliphatic rings. The second kappa shape index (κ2) is 7.32. The van der Waals surface area contributed by atoms with E-state index in [9.17, 15) is 4.79 Å². The molecule has 0 radical (unpaired) electrons. The molecule has 1 saturated heterocycles. The lowest BCUT2D eigenvalue weighted by atomic mass is 10.1. The van der Waals surface area contributed by atoms with Crippen LogP contribution in [0, 0.1) is 0 Å². The van der Waals surface area contributed by atoms with Crippen LogP contribution in [0.3, 0.4) is 0 Å². The normalized spacial score (nSPS) is 14.6. The number of rotatable bonds is 4. The molecule has 3 aromatic rings. The fourth-order valence-electron chi connectivity index (χ4n) is 3.71. The highest BCUT2D eigenvalue weighted by Crippen LogP contribution is 2.28. The van der Waals surface area contributed by atoms with Gasteiger partial charge >= 0.3 is 0 Å². The zero-order valence-electron chi connectivity index (χ0n) is 15.4. The molecule has 27 heavy (non-hydrogen) atoms. The lowest BCUT2D eigenvalue weighted by Gasteiger charge is -2.36. The van der Waals surface area contributed by atoms with Crippen LogP contribution in [0.25, 0.3) is 10.9 Å². The fraction of sp³-hybridized carbons (Fsp3) is 0.286. The standard InChI is InChI=1S/C21H24N4O2/c1-27-20-6-5-15(14-22)13-17(20)21(26)25-11-9-24(10-12-25)19-4-2-3-18-16(19)7-8-23-18/h2-8,13,23H,9-12,14,22H2,1H3. The van der Waals surface area contributed by atoms with E-state index in [1.165, 1.54) is 11.1 Å². The molecule has 3 N–H and O–H groups in total. The number of carbonyl (C=O) groups excluding carboxylic acids is 1. The first-order valence-electron chi connectivity index (χ1n) is 9.18. The number of aromatic nitrogens is 1. The molecule has 0 bridgehead atoms. The Labute approximate surface area is 158 Å². The van der Waals surface area contributed by atoms with E-state index in [0.29, 0.717) is 30.9 Å². The number of piperazine rings is 1. The van der Waals surface area contributed by atoms with E-state index in [0.717, 1.165) is 24.2 Å². The van der Waals surface area contributed by atoms with Gasteiger partial charge in [-0.05, 0) is 35.9 Å². The molecule has 1 aliphatic heterocycles. The molecule has 1 fully saturated rings. The maximum absolute atomic E-state index is 13.0. The average Bonchev–Trinajstić information content (AvgIpc) is 3.22. The van der Waals surface area contributed by atoms with Crippen molar-refractivity contribution in [2.45, 2.75) is 6.54 Å². The molecule has 0 saturated carbocycles. The summed E-state index contributed by atoms with van der Waals surface area (Å²) in [6.45, 7) is 3.36. The Hall–Kier alpha value is -2.99. The van der Waals surface area contributed by atoms with Crippen LogP contribution in [0.1, 0.15) is 15.9 Å². The smallest absolute Gasteiger partial charge is 0.257 e. The van der Waals surface area contributed by atoms with Crippen molar-refractivity contribution >= 4 is 22.5 Å². The van der Waals surface area contributed by atoms with Crippen molar-refractivity contribution in [1.82, 2.24) is 9.88 Å². The molecule has 2 heterocycles. The molecule has 4 rings (SSSR count). The predicted molar refractivity (Wildman–Crippen MR) is 107 cm³/mol. The lowest BCUT2D eigenvalue weighted by Crippen LogP contribution is -2.48. The number of ether oxygens (including phenoxy) is 1. The third-order valence-corrected chi connectivity index (χ3v) is 5.21. The summed E-state index contributed by atoms with van der Waals surface area (Å²) in [5.41, 5.74) is 9.59. The molecule has 6 heteroatoms. The highest BCUT2D eigenvalue weighted by Gasteiger charge is 2.25. The number of aromatic amines is 1. The van der Waals surface area contributed by atoms with Crippen molar-refractivity contribution in [2.75, 3.05) is 38.2 Å². The van der Waals surface area contributed by atoms with Gasteiger partial charge in [0.05, 0.1) is 12.7 Å². The maximum Gasteiger partial charge on any atom is 0.257 e. The molecule has 0 unspecified atom stereocenters. The monoisotopic (exact) mass is 364 g/mol. The summed E-state index contributed by atoms with van der Waals surface area (Å²) in [5.74, 6) is 0.596. The van der Waals surface area contributed by atoms with Gasteiger partial charge in [-0.25, -0.2) is 0 Å². The van der Waals surface area contributed by atoms with Gasteiger partial charge in [-0.3, -0.25) is 4.79 Å². The minimum absolute atomic E-state index is 0.00153. The van der Waals surface area contributed by atoms with Gasteiger partial charge in [-0.2, -0.15) is 0 Å². The molecule has 1 aromatic heterocycles. The van der Waals surface area contributed by atoms with Crippen molar-refractivity contribution < 1.29 is 9.53 Å². The zero-order valence-corrected chi connectivity index (χ0v) is 15.4. The third kappa shape index (κ3) is 3.24. The van der Waals surface area contributed by atoms with Gasteiger partial charge in [0.1, 0.15) is 5.75 Å². The van der Waals surface area contributed by atoms with Crippen molar-refractivity contribution in [3.05, 3.63) is 59.8 Å². The number of anilines is 1. The molecule has 0 atom stereocenters. The topological polar surface area (TPSA) is 74.6 Å². The maximum atomic E-state index is 13.0. The first kappa shape index (κ1) is 17.4. The number of hydrogen-bond acceptors (Lipinski definition) is 4. The molecule has 0 aliphatic carbocycles. The van der Waals surface area contributed by atoms with Crippen LogP contribution < -0.4 is 15.4 Å². The molecule has 140 valence electrons. The van der Waals surface area contributed by atoms with Gasteiger partial charge in [0, 0.05) is 55.5 Å². The molecule has 0 spiro atoms. The Balaban J connectivity index is 1.51. The van der Waals surface area contributed by atoms with Crippen molar-refractivity contribution in [1.29, 1.82) is 0 Å². The lowest BCUT2D eigenvalue weighted by molar-refractivity contribution is 0.0743. The van der Waals surface area contributed by atoms with Gasteiger partial charge in [0.25, 0.3) is 5.91 Å². The Bertz CT molecular complexity index is 958. The largest absolute Gasteiger partial charge is 0.496 e. The van der Waals surface area contributed by atoms with Crippen molar-refractivity contribution in [3.8, 4) is 5.75 Å². The molecule has 2 aromatic carbocycles. The Kier molecular flexibility index (Phi) is 4.73. The summed E-state index contributed by atoms with van der Waals surface area (Å²) in [6, 6.07) is 13.9. The number of H-pyrrole nitrogens is 1. The van der Waals surface area contributed by atoms with Gasteiger partial charge < -0.3 is 25.3 Å². The summed E-state index contributed by atoms with van der Waals surface area (Å²) in [7, 11) is 1.59. The number of nitrogens with one attached hydrogen (secondary N) is 1. The fourth-order valence-corrected chi connectivity index (χ4v) is 3.71. The number of amides is 1. The van der Waals surface area contributed by atoms with Crippen molar-refractivity contribution in [2.24, 2.45) is 5.73 Å². The first-order chi connectivity index (χ1) is 13.2. The molecule has 6 nitrogen and oxygen atoms in total.